The first-order valence-electron chi connectivity index (χ1n) is 9.18. The molecule has 3 aromatic rings. The average Bonchev–Trinajstić information content (AvgIpc) is 3.20. The molecule has 0 N–H and O–H groups in total. The van der Waals surface area contributed by atoms with Gasteiger partial charge in [-0.3, -0.25) is 10.1 Å². The minimum absolute atomic E-state index is 0.106. The Balaban J connectivity index is 1.37. The van der Waals surface area contributed by atoms with Gasteiger partial charge in [0.1, 0.15) is 0 Å². The minimum Gasteiger partial charge on any atom is -0.348 e. The third-order valence-electron chi connectivity index (χ3n) is 5.12. The predicted molar refractivity (Wildman–Crippen MR) is 109 cm³/mol. The van der Waals surface area contributed by atoms with Gasteiger partial charge in [0.25, 0.3) is 5.69 Å². The number of nitrogens with zero attached hydrogens (tertiary/aromatic N) is 3. The van der Waals surface area contributed by atoms with Crippen LogP contribution in [0.5, 0.6) is 0 Å². The summed E-state index contributed by atoms with van der Waals surface area (Å²) in [5.74, 6) is 0.734. The highest BCUT2D eigenvalue weighted by molar-refractivity contribution is 7.14. The van der Waals surface area contributed by atoms with Gasteiger partial charge in [-0.1, -0.05) is 30.3 Å². The number of hydrogen-bond donors (Lipinski definition) is 0. The summed E-state index contributed by atoms with van der Waals surface area (Å²) in [4.78, 5) is 17.5. The van der Waals surface area contributed by atoms with Crippen LogP contribution in [-0.2, 0) is 6.42 Å². The van der Waals surface area contributed by atoms with Crippen molar-refractivity contribution < 1.29 is 4.92 Å². The number of non-ortho nitro benzene ring substituents is 1. The molecule has 27 heavy (non-hydrogen) atoms. The molecule has 1 saturated heterocycles. The van der Waals surface area contributed by atoms with Crippen LogP contribution < -0.4 is 4.90 Å². The van der Waals surface area contributed by atoms with E-state index in [-0.39, 0.29) is 10.6 Å². The molecular formula is C21H21N3O2S. The number of piperidine rings is 1. The second kappa shape index (κ2) is 7.88. The lowest BCUT2D eigenvalue weighted by Crippen LogP contribution is -2.34. The fourth-order valence-corrected chi connectivity index (χ4v) is 4.46. The van der Waals surface area contributed by atoms with Crippen molar-refractivity contribution in [1.82, 2.24) is 4.98 Å². The Kier molecular flexibility index (Phi) is 5.16. The number of hydrogen-bond acceptors (Lipinski definition) is 5. The molecule has 5 nitrogen and oxygen atoms in total. The molecular weight excluding hydrogens is 358 g/mol. The lowest BCUT2D eigenvalue weighted by atomic mass is 9.90. The number of thiazole rings is 1. The van der Waals surface area contributed by atoms with Crippen molar-refractivity contribution in [1.29, 1.82) is 0 Å². The van der Waals surface area contributed by atoms with Crippen molar-refractivity contribution in [2.75, 3.05) is 18.0 Å². The normalized spacial score (nSPS) is 15.0. The molecule has 0 saturated carbocycles. The Morgan fingerprint density at radius 3 is 2.44 bits per heavy atom. The van der Waals surface area contributed by atoms with Crippen LogP contribution in [0.2, 0.25) is 0 Å². The Hall–Kier alpha value is -2.73. The predicted octanol–water partition coefficient (Wildman–Crippen LogP) is 5.18. The van der Waals surface area contributed by atoms with Gasteiger partial charge >= 0.3 is 0 Å². The summed E-state index contributed by atoms with van der Waals surface area (Å²) >= 11 is 1.65. The molecule has 1 aromatic heterocycles. The molecule has 0 bridgehead atoms. The Morgan fingerprint density at radius 2 is 1.78 bits per heavy atom. The maximum Gasteiger partial charge on any atom is 0.269 e. The van der Waals surface area contributed by atoms with E-state index in [0.29, 0.717) is 0 Å². The summed E-state index contributed by atoms with van der Waals surface area (Å²) in [6.45, 7) is 2.06. The molecule has 6 heteroatoms. The SMILES string of the molecule is O=[N+]([O-])c1ccc(-c2csc(N3CCC(Cc4ccccc4)CC3)n2)cc1. The highest BCUT2D eigenvalue weighted by atomic mass is 32.1. The van der Waals surface area contributed by atoms with Gasteiger partial charge in [-0.2, -0.15) is 0 Å². The molecule has 1 fully saturated rings. The molecule has 0 atom stereocenters. The first kappa shape index (κ1) is 17.7. The van der Waals surface area contributed by atoms with Gasteiger partial charge in [0.15, 0.2) is 5.13 Å². The third-order valence-corrected chi connectivity index (χ3v) is 6.02. The highest BCUT2D eigenvalue weighted by Gasteiger charge is 2.21. The largest absolute Gasteiger partial charge is 0.348 e. The van der Waals surface area contributed by atoms with Gasteiger partial charge in [0, 0.05) is 36.2 Å². The van der Waals surface area contributed by atoms with Crippen LogP contribution in [0.4, 0.5) is 10.8 Å². The molecule has 0 unspecified atom stereocenters. The molecule has 0 radical (unpaired) electrons. The van der Waals surface area contributed by atoms with E-state index < -0.39 is 0 Å². The fraction of sp³-hybridized carbons (Fsp3) is 0.286. The van der Waals surface area contributed by atoms with E-state index in [1.807, 2.05) is 5.38 Å². The molecule has 4 rings (SSSR count). The van der Waals surface area contributed by atoms with Gasteiger partial charge in [0.05, 0.1) is 10.6 Å². The molecule has 138 valence electrons. The number of benzene rings is 2. The second-order valence-electron chi connectivity index (χ2n) is 6.94. The molecule has 0 spiro atoms. The summed E-state index contributed by atoms with van der Waals surface area (Å²) in [6.07, 6.45) is 3.52. The zero-order valence-corrected chi connectivity index (χ0v) is 15.8. The standard InChI is InChI=1S/C21H21N3O2S/c25-24(26)19-8-6-18(7-9-19)20-15-27-21(22-20)23-12-10-17(11-13-23)14-16-4-2-1-3-5-16/h1-9,15,17H,10-14H2. The van der Waals surface area contributed by atoms with Crippen LogP contribution in [0.3, 0.4) is 0 Å². The first-order chi connectivity index (χ1) is 13.2. The van der Waals surface area contributed by atoms with E-state index in [2.05, 4.69) is 35.2 Å². The topological polar surface area (TPSA) is 59.3 Å². The van der Waals surface area contributed by atoms with Crippen LogP contribution in [0.1, 0.15) is 18.4 Å². The van der Waals surface area contributed by atoms with Gasteiger partial charge in [-0.15, -0.1) is 11.3 Å². The Morgan fingerprint density at radius 1 is 1.07 bits per heavy atom. The quantitative estimate of drug-likeness (QED) is 0.453. The summed E-state index contributed by atoms with van der Waals surface area (Å²) in [5.41, 5.74) is 3.33. The molecule has 2 aromatic carbocycles. The summed E-state index contributed by atoms with van der Waals surface area (Å²) in [7, 11) is 0. The molecule has 0 amide bonds. The van der Waals surface area contributed by atoms with Crippen molar-refractivity contribution in [3.8, 4) is 11.3 Å². The molecule has 2 heterocycles. The molecule has 0 aliphatic carbocycles. The maximum absolute atomic E-state index is 10.8. The van der Waals surface area contributed by atoms with Gasteiger partial charge in [-0.25, -0.2) is 4.98 Å². The van der Waals surface area contributed by atoms with Crippen molar-refractivity contribution in [3.05, 3.63) is 75.7 Å². The summed E-state index contributed by atoms with van der Waals surface area (Å²) in [6, 6.07) is 17.3. The minimum atomic E-state index is -0.379. The van der Waals surface area contributed by atoms with Gasteiger partial charge in [-0.05, 0) is 42.9 Å². The smallest absolute Gasteiger partial charge is 0.269 e. The number of nitro groups is 1. The second-order valence-corrected chi connectivity index (χ2v) is 7.78. The number of nitro benzene ring substituents is 1. The molecule has 1 aliphatic heterocycles. The summed E-state index contributed by atoms with van der Waals surface area (Å²) < 4.78 is 0. The van der Waals surface area contributed by atoms with E-state index in [1.54, 1.807) is 23.5 Å². The van der Waals surface area contributed by atoms with E-state index in [4.69, 9.17) is 4.98 Å². The van der Waals surface area contributed by atoms with Crippen LogP contribution in [-0.4, -0.2) is 23.0 Å². The summed E-state index contributed by atoms with van der Waals surface area (Å²) in [5, 5.41) is 13.9. The maximum atomic E-state index is 10.8. The van der Waals surface area contributed by atoms with Crippen molar-refractivity contribution in [3.63, 3.8) is 0 Å². The van der Waals surface area contributed by atoms with E-state index in [9.17, 15) is 10.1 Å². The van der Waals surface area contributed by atoms with Crippen LogP contribution in [0.15, 0.2) is 60.0 Å². The van der Waals surface area contributed by atoms with Crippen molar-refractivity contribution in [2.24, 2.45) is 5.92 Å². The van der Waals surface area contributed by atoms with Crippen molar-refractivity contribution >= 4 is 22.2 Å². The highest BCUT2D eigenvalue weighted by Crippen LogP contribution is 2.31. The monoisotopic (exact) mass is 379 g/mol. The fourth-order valence-electron chi connectivity index (χ4n) is 3.57. The van der Waals surface area contributed by atoms with Gasteiger partial charge < -0.3 is 4.90 Å². The van der Waals surface area contributed by atoms with E-state index in [0.717, 1.165) is 41.8 Å². The van der Waals surface area contributed by atoms with E-state index >= 15 is 0 Å². The Bertz CT molecular complexity index is 901. The average molecular weight is 379 g/mol. The third kappa shape index (κ3) is 4.17. The number of rotatable bonds is 5. The lowest BCUT2D eigenvalue weighted by molar-refractivity contribution is -0.384. The van der Waals surface area contributed by atoms with E-state index in [1.165, 1.54) is 30.5 Å². The van der Waals surface area contributed by atoms with Crippen molar-refractivity contribution in [2.45, 2.75) is 19.3 Å². The first-order valence-corrected chi connectivity index (χ1v) is 10.1. The zero-order valence-electron chi connectivity index (χ0n) is 15.0. The van der Waals surface area contributed by atoms with Crippen LogP contribution in [0, 0.1) is 16.0 Å². The van der Waals surface area contributed by atoms with Crippen LogP contribution in [0.25, 0.3) is 11.3 Å². The number of aromatic nitrogens is 1. The lowest BCUT2D eigenvalue weighted by Gasteiger charge is -2.31. The Labute approximate surface area is 162 Å². The van der Waals surface area contributed by atoms with Gasteiger partial charge in [0.2, 0.25) is 0 Å². The van der Waals surface area contributed by atoms with Crippen LogP contribution >= 0.6 is 11.3 Å². The zero-order chi connectivity index (χ0) is 18.6. The number of anilines is 1. The molecule has 1 aliphatic rings.